The molecule has 3 heterocycles. The molecule has 6 nitrogen and oxygen atoms in total. The van der Waals surface area contributed by atoms with Crippen molar-refractivity contribution in [2.75, 3.05) is 48.1 Å². The first-order chi connectivity index (χ1) is 16.6. The number of fused-ring (bicyclic) bond motifs is 4. The second kappa shape index (κ2) is 11.9. The SMILES string of the molecule is COc1cc2c(cc1OC)C(C[C@@H]1CCN3CCc4cc(OC)c(OC)cc4[C@@H]3[C@@H]1C)=NCC2.Cl.Cl. The molecule has 0 spiro atoms. The van der Waals surface area contributed by atoms with E-state index >= 15 is 0 Å². The Balaban J connectivity index is 0.00000180. The maximum atomic E-state index is 5.66. The van der Waals surface area contributed by atoms with Crippen molar-refractivity contribution < 1.29 is 18.9 Å². The number of nitrogens with zero attached hydrogens (tertiary/aromatic N) is 2. The molecule has 3 aliphatic rings. The highest BCUT2D eigenvalue weighted by molar-refractivity contribution is 6.03. The minimum Gasteiger partial charge on any atom is -0.493 e. The van der Waals surface area contributed by atoms with Crippen molar-refractivity contribution in [1.82, 2.24) is 4.90 Å². The first kappa shape index (κ1) is 28.4. The van der Waals surface area contributed by atoms with E-state index in [2.05, 4.69) is 36.1 Å². The second-order valence-corrected chi connectivity index (χ2v) is 9.69. The number of hydrogen-bond acceptors (Lipinski definition) is 6. The van der Waals surface area contributed by atoms with E-state index in [0.717, 1.165) is 61.9 Å². The topological polar surface area (TPSA) is 52.5 Å². The van der Waals surface area contributed by atoms with Gasteiger partial charge in [-0.15, -0.1) is 24.8 Å². The number of hydrogen-bond donors (Lipinski definition) is 0. The fourth-order valence-electron chi connectivity index (χ4n) is 6.25. The highest BCUT2D eigenvalue weighted by atomic mass is 35.5. The number of halogens is 2. The minimum absolute atomic E-state index is 0. The molecule has 0 aliphatic carbocycles. The molecule has 0 amide bonds. The third-order valence-electron chi connectivity index (χ3n) is 8.11. The van der Waals surface area contributed by atoms with E-state index in [4.69, 9.17) is 23.9 Å². The lowest BCUT2D eigenvalue weighted by Gasteiger charge is -2.48. The van der Waals surface area contributed by atoms with Crippen molar-refractivity contribution in [3.05, 3.63) is 46.5 Å². The summed E-state index contributed by atoms with van der Waals surface area (Å²) in [5.74, 6) is 4.31. The van der Waals surface area contributed by atoms with Gasteiger partial charge in [-0.3, -0.25) is 9.89 Å². The molecular formula is C28H38Cl2N2O4. The first-order valence-corrected chi connectivity index (χ1v) is 12.3. The van der Waals surface area contributed by atoms with Gasteiger partial charge in [-0.1, -0.05) is 6.92 Å². The van der Waals surface area contributed by atoms with E-state index in [0.29, 0.717) is 17.9 Å². The molecule has 3 atom stereocenters. The molecule has 0 saturated carbocycles. The Hall–Kier alpha value is -2.15. The van der Waals surface area contributed by atoms with Crippen LogP contribution >= 0.6 is 24.8 Å². The van der Waals surface area contributed by atoms with E-state index in [1.54, 1.807) is 28.4 Å². The van der Waals surface area contributed by atoms with Crippen LogP contribution in [0.2, 0.25) is 0 Å². The Morgan fingerprint density at radius 1 is 0.806 bits per heavy atom. The van der Waals surface area contributed by atoms with Crippen LogP contribution in [0.25, 0.3) is 0 Å². The number of rotatable bonds is 6. The van der Waals surface area contributed by atoms with E-state index in [-0.39, 0.29) is 24.8 Å². The summed E-state index contributed by atoms with van der Waals surface area (Å²) >= 11 is 0. The van der Waals surface area contributed by atoms with Crippen LogP contribution in [0.3, 0.4) is 0 Å². The van der Waals surface area contributed by atoms with Gasteiger partial charge in [-0.2, -0.15) is 0 Å². The van der Waals surface area contributed by atoms with Crippen LogP contribution < -0.4 is 18.9 Å². The van der Waals surface area contributed by atoms with Gasteiger partial charge in [-0.05, 0) is 85.0 Å². The molecular weight excluding hydrogens is 499 g/mol. The smallest absolute Gasteiger partial charge is 0.161 e. The largest absolute Gasteiger partial charge is 0.493 e. The van der Waals surface area contributed by atoms with Crippen molar-refractivity contribution in [3.63, 3.8) is 0 Å². The van der Waals surface area contributed by atoms with Gasteiger partial charge in [0.15, 0.2) is 23.0 Å². The molecule has 0 bridgehead atoms. The highest BCUT2D eigenvalue weighted by Gasteiger charge is 2.40. The van der Waals surface area contributed by atoms with E-state index in [9.17, 15) is 0 Å². The molecule has 2 aromatic rings. The summed E-state index contributed by atoms with van der Waals surface area (Å²) < 4.78 is 22.4. The zero-order valence-corrected chi connectivity index (χ0v) is 23.5. The van der Waals surface area contributed by atoms with Crippen molar-refractivity contribution in [3.8, 4) is 23.0 Å². The zero-order valence-electron chi connectivity index (χ0n) is 21.8. The Labute approximate surface area is 227 Å². The molecule has 0 aromatic heterocycles. The van der Waals surface area contributed by atoms with Crippen LogP contribution in [0, 0.1) is 11.8 Å². The quantitative estimate of drug-likeness (QED) is 0.484. The van der Waals surface area contributed by atoms with Gasteiger partial charge in [-0.25, -0.2) is 0 Å². The summed E-state index contributed by atoms with van der Waals surface area (Å²) in [5, 5.41) is 0. The minimum atomic E-state index is 0. The molecule has 2 aromatic carbocycles. The molecule has 198 valence electrons. The third-order valence-corrected chi connectivity index (χ3v) is 8.11. The van der Waals surface area contributed by atoms with Gasteiger partial charge in [0.1, 0.15) is 0 Å². The Kier molecular flexibility index (Phi) is 9.42. The van der Waals surface area contributed by atoms with Gasteiger partial charge in [0.2, 0.25) is 0 Å². The first-order valence-electron chi connectivity index (χ1n) is 12.3. The average Bonchev–Trinajstić information content (AvgIpc) is 2.88. The Bertz CT molecular complexity index is 1110. The number of piperidine rings is 1. The van der Waals surface area contributed by atoms with E-state index in [1.165, 1.54) is 34.4 Å². The predicted octanol–water partition coefficient (Wildman–Crippen LogP) is 5.56. The van der Waals surface area contributed by atoms with Crippen molar-refractivity contribution in [2.45, 2.75) is 38.6 Å². The Morgan fingerprint density at radius 2 is 1.42 bits per heavy atom. The van der Waals surface area contributed by atoms with Gasteiger partial charge >= 0.3 is 0 Å². The summed E-state index contributed by atoms with van der Waals surface area (Å²) in [5.41, 5.74) is 6.56. The van der Waals surface area contributed by atoms with Crippen LogP contribution in [-0.2, 0) is 12.8 Å². The summed E-state index contributed by atoms with van der Waals surface area (Å²) in [6, 6.07) is 9.05. The van der Waals surface area contributed by atoms with Gasteiger partial charge in [0.05, 0.1) is 28.4 Å². The van der Waals surface area contributed by atoms with Crippen LogP contribution in [0.15, 0.2) is 29.3 Å². The van der Waals surface area contributed by atoms with E-state index in [1.807, 2.05) is 0 Å². The molecule has 1 fully saturated rings. The fourth-order valence-corrected chi connectivity index (χ4v) is 6.25. The molecule has 1 saturated heterocycles. The van der Waals surface area contributed by atoms with Gasteiger partial charge < -0.3 is 18.9 Å². The maximum absolute atomic E-state index is 5.66. The van der Waals surface area contributed by atoms with Crippen molar-refractivity contribution in [2.24, 2.45) is 16.8 Å². The lowest BCUT2D eigenvalue weighted by atomic mass is 9.72. The maximum Gasteiger partial charge on any atom is 0.161 e. The normalized spacial score (nSPS) is 22.5. The van der Waals surface area contributed by atoms with Crippen LogP contribution in [-0.4, -0.2) is 58.7 Å². The number of aliphatic imine (C=N–C) groups is 1. The number of benzene rings is 2. The van der Waals surface area contributed by atoms with E-state index < -0.39 is 0 Å². The average molecular weight is 538 g/mol. The number of methoxy groups -OCH3 is 4. The third kappa shape index (κ3) is 5.00. The molecule has 0 N–H and O–H groups in total. The molecule has 8 heteroatoms. The number of ether oxygens (including phenoxy) is 4. The van der Waals surface area contributed by atoms with Gasteiger partial charge in [0.25, 0.3) is 0 Å². The fraction of sp³-hybridized carbons (Fsp3) is 0.536. The van der Waals surface area contributed by atoms with Crippen molar-refractivity contribution in [1.29, 1.82) is 0 Å². The highest BCUT2D eigenvalue weighted by Crippen LogP contribution is 2.47. The van der Waals surface area contributed by atoms with Crippen LogP contribution in [0.4, 0.5) is 0 Å². The van der Waals surface area contributed by atoms with Crippen LogP contribution in [0.1, 0.15) is 48.1 Å². The lowest BCUT2D eigenvalue weighted by Crippen LogP contribution is -2.46. The van der Waals surface area contributed by atoms with Gasteiger partial charge in [0, 0.05) is 30.4 Å². The summed E-state index contributed by atoms with van der Waals surface area (Å²) in [7, 11) is 6.83. The second-order valence-electron chi connectivity index (χ2n) is 9.69. The molecule has 0 radical (unpaired) electrons. The molecule has 36 heavy (non-hydrogen) atoms. The zero-order chi connectivity index (χ0) is 23.8. The molecule has 5 rings (SSSR count). The summed E-state index contributed by atoms with van der Waals surface area (Å²) in [4.78, 5) is 7.67. The summed E-state index contributed by atoms with van der Waals surface area (Å²) in [6.07, 6.45) is 4.20. The van der Waals surface area contributed by atoms with Crippen molar-refractivity contribution >= 4 is 30.5 Å². The molecule has 0 unspecified atom stereocenters. The predicted molar refractivity (Wildman–Crippen MR) is 149 cm³/mol. The summed E-state index contributed by atoms with van der Waals surface area (Å²) in [6.45, 7) is 5.49. The lowest BCUT2D eigenvalue weighted by molar-refractivity contribution is 0.0512. The Morgan fingerprint density at radius 3 is 2.08 bits per heavy atom. The monoisotopic (exact) mass is 536 g/mol. The standard InChI is InChI=1S/C28H36N2O4.2ClH/c1-17-18(12-23-21-15-26(33-4)24(31-2)13-19(21)6-9-29-23)7-10-30-11-8-20-14-25(32-3)27(34-5)16-22(20)28(17)30;;/h13-18,28H,6-12H2,1-5H3;2*1H/t17-,18+,28+;;/m1../s1. The molecule has 3 aliphatic heterocycles. The van der Waals surface area contributed by atoms with Crippen LogP contribution in [0.5, 0.6) is 23.0 Å².